The average molecular weight is 509 g/mol. The van der Waals surface area contributed by atoms with E-state index in [1.54, 1.807) is 12.2 Å². The summed E-state index contributed by atoms with van der Waals surface area (Å²) in [4.78, 5) is 17.5. The van der Waals surface area contributed by atoms with Gasteiger partial charge in [-0.2, -0.15) is 0 Å². The van der Waals surface area contributed by atoms with Crippen molar-refractivity contribution in [3.63, 3.8) is 0 Å². The number of nitrogens with zero attached hydrogens (tertiary/aromatic N) is 2. The maximum atomic E-state index is 13.6. The summed E-state index contributed by atoms with van der Waals surface area (Å²) < 4.78 is 0. The minimum Gasteiger partial charge on any atom is -0.872 e. The van der Waals surface area contributed by atoms with E-state index < -0.39 is 17.3 Å². The average Bonchev–Trinajstić information content (AvgIpc) is 3.07. The van der Waals surface area contributed by atoms with Crippen LogP contribution >= 0.6 is 0 Å². The Labute approximate surface area is 226 Å². The summed E-state index contributed by atoms with van der Waals surface area (Å²) in [6, 6.07) is 16.5. The highest BCUT2D eigenvalue weighted by Gasteiger charge is 2.36. The minimum absolute atomic E-state index is 0.0241. The molecule has 2 aromatic carbocycles. The highest BCUT2D eigenvalue weighted by Crippen LogP contribution is 2.46. The highest BCUT2D eigenvalue weighted by molar-refractivity contribution is 6.13. The molecule has 0 N–H and O–H groups in total. The molecule has 0 fully saturated rings. The van der Waals surface area contributed by atoms with Crippen molar-refractivity contribution in [2.75, 3.05) is 22.9 Å². The number of hydrogen-bond donors (Lipinski definition) is 0. The smallest absolute Gasteiger partial charge is 0.178 e. The van der Waals surface area contributed by atoms with Crippen LogP contribution in [0.25, 0.3) is 0 Å². The van der Waals surface area contributed by atoms with E-state index in [4.69, 9.17) is 0 Å². The molecular formula is C33H36N2O3-2. The number of carbonyl (C=O) groups is 1. The first-order chi connectivity index (χ1) is 18.0. The van der Waals surface area contributed by atoms with E-state index in [9.17, 15) is 15.0 Å². The van der Waals surface area contributed by atoms with Gasteiger partial charge in [0.05, 0.1) is 0 Å². The third-order valence-electron chi connectivity index (χ3n) is 8.23. The molecule has 2 aliphatic heterocycles. The maximum absolute atomic E-state index is 13.6. The van der Waals surface area contributed by atoms with Crippen LogP contribution in [-0.2, 0) is 15.6 Å². The first-order valence-electron chi connectivity index (χ1n) is 13.5. The predicted octanol–water partition coefficient (Wildman–Crippen LogP) is 4.98. The Morgan fingerprint density at radius 2 is 1.13 bits per heavy atom. The zero-order valence-electron chi connectivity index (χ0n) is 23.2. The van der Waals surface area contributed by atoms with Crippen molar-refractivity contribution in [1.29, 1.82) is 0 Å². The standard InChI is InChI=1S/C33H38N2O3/c1-7-34-21(19-32(3,4)25-13-9-11-15-27(25)34)17-23-29(36)24(31(38)30(23)37)18-22-20-33(5,6)26-14-10-12-16-28(26)35(22)8-2/h9-18,36H,7-8,19-20H2,1-6H3,(H,37,38)/p-2/b21-17+,22-18+. The first kappa shape index (κ1) is 25.9. The van der Waals surface area contributed by atoms with Gasteiger partial charge >= 0.3 is 0 Å². The lowest BCUT2D eigenvalue weighted by Crippen LogP contribution is -2.35. The number of anilines is 2. The SMILES string of the molecule is CCN1/C(=C/C2=C([O-])C(/C=C3\CC(C)(C)c4ccccc4N3CC)=C([O-])C2=O)CC(C)(C)c2ccccc21. The molecule has 1 aliphatic carbocycles. The molecule has 0 bridgehead atoms. The van der Waals surface area contributed by atoms with E-state index in [1.807, 2.05) is 24.3 Å². The number of fused-ring (bicyclic) bond motifs is 2. The highest BCUT2D eigenvalue weighted by atomic mass is 16.3. The molecular weight excluding hydrogens is 472 g/mol. The maximum Gasteiger partial charge on any atom is 0.178 e. The van der Waals surface area contributed by atoms with Crippen LogP contribution in [-0.4, -0.2) is 18.9 Å². The lowest BCUT2D eigenvalue weighted by molar-refractivity contribution is -0.308. The van der Waals surface area contributed by atoms with Crippen molar-refractivity contribution in [3.05, 3.63) is 106 Å². The number of carbonyl (C=O) groups excluding carboxylic acids is 1. The third-order valence-corrected chi connectivity index (χ3v) is 8.23. The number of hydrogen-bond acceptors (Lipinski definition) is 5. The quantitative estimate of drug-likeness (QED) is 0.583. The van der Waals surface area contributed by atoms with Crippen LogP contribution in [0.2, 0.25) is 0 Å². The van der Waals surface area contributed by atoms with E-state index in [-0.39, 0.29) is 22.0 Å². The fraction of sp³-hybridized carbons (Fsp3) is 0.364. The topological polar surface area (TPSA) is 69.7 Å². The molecule has 38 heavy (non-hydrogen) atoms. The molecule has 0 atom stereocenters. The predicted molar refractivity (Wildman–Crippen MR) is 149 cm³/mol. The molecule has 0 unspecified atom stereocenters. The molecule has 0 saturated heterocycles. The van der Waals surface area contributed by atoms with Gasteiger partial charge in [-0.15, -0.1) is 0 Å². The summed E-state index contributed by atoms with van der Waals surface area (Å²) in [5.41, 5.74) is 6.02. The Hall–Kier alpha value is -3.73. The number of benzene rings is 2. The van der Waals surface area contributed by atoms with Crippen molar-refractivity contribution in [3.8, 4) is 0 Å². The van der Waals surface area contributed by atoms with Gasteiger partial charge in [0, 0.05) is 41.4 Å². The minimum atomic E-state index is -0.708. The molecule has 3 aliphatic rings. The van der Waals surface area contributed by atoms with Crippen LogP contribution in [0.15, 0.2) is 94.7 Å². The van der Waals surface area contributed by atoms with Crippen LogP contribution in [0.1, 0.15) is 65.5 Å². The molecule has 0 radical (unpaired) electrons. The molecule has 198 valence electrons. The summed E-state index contributed by atoms with van der Waals surface area (Å²) >= 11 is 0. The van der Waals surface area contributed by atoms with Gasteiger partial charge in [-0.3, -0.25) is 4.79 Å². The van der Waals surface area contributed by atoms with Gasteiger partial charge in [0.2, 0.25) is 0 Å². The molecule has 0 spiro atoms. The molecule has 5 rings (SSSR count). The van der Waals surface area contributed by atoms with E-state index in [0.717, 1.165) is 22.8 Å². The van der Waals surface area contributed by atoms with Crippen molar-refractivity contribution in [1.82, 2.24) is 0 Å². The van der Waals surface area contributed by atoms with Gasteiger partial charge in [0.1, 0.15) is 0 Å². The van der Waals surface area contributed by atoms with E-state index in [2.05, 4.69) is 75.6 Å². The zero-order chi connectivity index (χ0) is 27.4. The summed E-state index contributed by atoms with van der Waals surface area (Å²) in [6.07, 6.45) is 4.68. The van der Waals surface area contributed by atoms with Gasteiger partial charge in [-0.05, 0) is 78.5 Å². The summed E-state index contributed by atoms with van der Waals surface area (Å²) in [5, 5.41) is 26.8. The second-order valence-electron chi connectivity index (χ2n) is 11.7. The van der Waals surface area contributed by atoms with Gasteiger partial charge in [-0.1, -0.05) is 75.6 Å². The fourth-order valence-electron chi connectivity index (χ4n) is 6.36. The number of rotatable bonds is 4. The first-order valence-corrected chi connectivity index (χ1v) is 13.5. The Morgan fingerprint density at radius 3 is 1.58 bits per heavy atom. The van der Waals surface area contributed by atoms with Crippen LogP contribution in [0.3, 0.4) is 0 Å². The summed E-state index contributed by atoms with van der Waals surface area (Å²) in [7, 11) is 0. The molecule has 0 amide bonds. The van der Waals surface area contributed by atoms with E-state index >= 15 is 0 Å². The summed E-state index contributed by atoms with van der Waals surface area (Å²) in [6.45, 7) is 14.2. The third kappa shape index (κ3) is 4.05. The monoisotopic (exact) mass is 508 g/mol. The Kier molecular flexibility index (Phi) is 6.29. The van der Waals surface area contributed by atoms with Gasteiger partial charge in [-0.25, -0.2) is 0 Å². The van der Waals surface area contributed by atoms with Crippen molar-refractivity contribution in [2.45, 2.75) is 65.2 Å². The van der Waals surface area contributed by atoms with Crippen LogP contribution in [0, 0.1) is 0 Å². The van der Waals surface area contributed by atoms with Gasteiger partial charge in [0.15, 0.2) is 5.78 Å². The lowest BCUT2D eigenvalue weighted by atomic mass is 9.76. The largest absolute Gasteiger partial charge is 0.872 e. The van der Waals surface area contributed by atoms with Crippen LogP contribution in [0.5, 0.6) is 0 Å². The molecule has 2 aromatic rings. The number of para-hydroxylation sites is 2. The molecule has 5 heteroatoms. The normalized spacial score (nSPS) is 22.4. The zero-order valence-corrected chi connectivity index (χ0v) is 23.2. The molecule has 0 aromatic heterocycles. The molecule has 0 saturated carbocycles. The lowest BCUT2D eigenvalue weighted by Gasteiger charge is -2.42. The molecule has 5 nitrogen and oxygen atoms in total. The van der Waals surface area contributed by atoms with Crippen LogP contribution < -0.4 is 20.0 Å². The Balaban J connectivity index is 1.58. The Morgan fingerprint density at radius 1 is 0.711 bits per heavy atom. The number of ketones is 1. The molecule has 2 heterocycles. The van der Waals surface area contributed by atoms with Crippen molar-refractivity contribution < 1.29 is 15.0 Å². The second-order valence-corrected chi connectivity index (χ2v) is 11.7. The van der Waals surface area contributed by atoms with E-state index in [0.29, 0.717) is 25.9 Å². The van der Waals surface area contributed by atoms with Gasteiger partial charge < -0.3 is 20.0 Å². The number of allylic oxidation sites excluding steroid dienone is 5. The van der Waals surface area contributed by atoms with Crippen LogP contribution in [0.4, 0.5) is 11.4 Å². The van der Waals surface area contributed by atoms with Crippen molar-refractivity contribution >= 4 is 17.2 Å². The number of Topliss-reactive ketones (excluding diaryl/α,β-unsaturated/α-hetero) is 1. The fourth-order valence-corrected chi connectivity index (χ4v) is 6.36. The van der Waals surface area contributed by atoms with E-state index in [1.165, 1.54) is 11.1 Å². The van der Waals surface area contributed by atoms with Crippen molar-refractivity contribution in [2.24, 2.45) is 0 Å². The Bertz CT molecular complexity index is 1440. The summed E-state index contributed by atoms with van der Waals surface area (Å²) in [5.74, 6) is -1.89. The van der Waals surface area contributed by atoms with Gasteiger partial charge in [0.25, 0.3) is 0 Å². The second kappa shape index (κ2) is 9.23.